The number of nitrogens with zero attached hydrogens (tertiary/aromatic N) is 1. The van der Waals surface area contributed by atoms with Gasteiger partial charge in [-0.3, -0.25) is 9.69 Å². The number of ether oxygens (including phenoxy) is 1. The van der Waals surface area contributed by atoms with Crippen molar-refractivity contribution in [2.24, 2.45) is 0 Å². The van der Waals surface area contributed by atoms with Gasteiger partial charge in [0.15, 0.2) is 0 Å². The minimum absolute atomic E-state index is 0.178. The molecule has 2 aromatic rings. The van der Waals surface area contributed by atoms with Crippen molar-refractivity contribution in [3.8, 4) is 5.75 Å². The molecule has 0 radical (unpaired) electrons. The number of carbonyl (C=O) groups excluding carboxylic acids is 1. The van der Waals surface area contributed by atoms with Gasteiger partial charge in [-0.2, -0.15) is 0 Å². The molecular formula is C23H30N2O3. The van der Waals surface area contributed by atoms with Gasteiger partial charge in [-0.1, -0.05) is 37.6 Å². The molecule has 28 heavy (non-hydrogen) atoms. The smallest absolute Gasteiger partial charge is 0.251 e. The second-order valence-corrected chi connectivity index (χ2v) is 7.34. The van der Waals surface area contributed by atoms with E-state index in [-0.39, 0.29) is 12.5 Å². The molecule has 0 aromatic heterocycles. The molecule has 0 aliphatic carbocycles. The van der Waals surface area contributed by atoms with Crippen molar-refractivity contribution >= 4 is 5.91 Å². The first-order valence-corrected chi connectivity index (χ1v) is 10.1. The maximum atomic E-state index is 12.3. The number of unbranched alkanes of at least 4 members (excludes halogenated alkanes) is 1. The topological polar surface area (TPSA) is 61.8 Å². The summed E-state index contributed by atoms with van der Waals surface area (Å²) in [7, 11) is 0. The Morgan fingerprint density at radius 2 is 1.93 bits per heavy atom. The molecule has 0 spiro atoms. The highest BCUT2D eigenvalue weighted by molar-refractivity contribution is 5.94. The Morgan fingerprint density at radius 1 is 1.18 bits per heavy atom. The van der Waals surface area contributed by atoms with Gasteiger partial charge >= 0.3 is 0 Å². The third kappa shape index (κ3) is 5.81. The lowest BCUT2D eigenvalue weighted by atomic mass is 10.00. The molecule has 0 bridgehead atoms. The summed E-state index contributed by atoms with van der Waals surface area (Å²) in [5, 5.41) is 13.2. The number of fused-ring (bicyclic) bond motifs is 1. The average molecular weight is 383 g/mol. The third-order valence-corrected chi connectivity index (χ3v) is 5.06. The molecule has 0 saturated heterocycles. The van der Waals surface area contributed by atoms with Crippen LogP contribution in [0, 0.1) is 0 Å². The van der Waals surface area contributed by atoms with Crippen LogP contribution in [0.2, 0.25) is 0 Å². The van der Waals surface area contributed by atoms with Gasteiger partial charge < -0.3 is 15.2 Å². The average Bonchev–Trinajstić information content (AvgIpc) is 2.72. The van der Waals surface area contributed by atoms with Crippen molar-refractivity contribution in [2.75, 3.05) is 26.2 Å². The van der Waals surface area contributed by atoms with Crippen LogP contribution in [0.1, 0.15) is 41.3 Å². The van der Waals surface area contributed by atoms with Crippen molar-refractivity contribution in [3.05, 3.63) is 65.2 Å². The van der Waals surface area contributed by atoms with E-state index in [1.54, 1.807) is 12.1 Å². The fourth-order valence-electron chi connectivity index (χ4n) is 3.42. The van der Waals surface area contributed by atoms with E-state index in [0.29, 0.717) is 18.7 Å². The van der Waals surface area contributed by atoms with Crippen LogP contribution >= 0.6 is 0 Å². The van der Waals surface area contributed by atoms with Gasteiger partial charge in [0.1, 0.15) is 5.75 Å². The molecule has 5 nitrogen and oxygen atoms in total. The van der Waals surface area contributed by atoms with Crippen LogP contribution in [0.25, 0.3) is 0 Å². The SMILES string of the molecule is CCCCOc1ccc(C(=O)NC[C@H](O)CN2CCc3ccccc3C2)cc1. The lowest BCUT2D eigenvalue weighted by Gasteiger charge is -2.30. The van der Waals surface area contributed by atoms with E-state index in [1.165, 1.54) is 11.1 Å². The molecule has 0 unspecified atom stereocenters. The summed E-state index contributed by atoms with van der Waals surface area (Å²) in [5.74, 6) is 0.596. The molecule has 1 atom stereocenters. The Kier molecular flexibility index (Phi) is 7.46. The summed E-state index contributed by atoms with van der Waals surface area (Å²) in [6.07, 6.45) is 2.52. The van der Waals surface area contributed by atoms with Crippen molar-refractivity contribution < 1.29 is 14.6 Å². The fourth-order valence-corrected chi connectivity index (χ4v) is 3.42. The monoisotopic (exact) mass is 382 g/mol. The standard InChI is InChI=1S/C23H30N2O3/c1-2-3-14-28-22-10-8-19(9-11-22)23(27)24-15-21(26)17-25-13-12-18-6-4-5-7-20(18)16-25/h4-11,21,26H,2-3,12-17H2,1H3,(H,24,27)/t21-/m0/s1. The zero-order chi connectivity index (χ0) is 19.8. The van der Waals surface area contributed by atoms with Crippen LogP contribution in [-0.2, 0) is 13.0 Å². The van der Waals surface area contributed by atoms with Gasteiger partial charge in [0.05, 0.1) is 12.7 Å². The number of aliphatic hydroxyl groups is 1. The second kappa shape index (κ2) is 10.2. The predicted octanol–water partition coefficient (Wildman–Crippen LogP) is 3.01. The molecular weight excluding hydrogens is 352 g/mol. The molecule has 2 N–H and O–H groups in total. The van der Waals surface area contributed by atoms with Gasteiger partial charge in [0, 0.05) is 31.7 Å². The Balaban J connectivity index is 1.42. The van der Waals surface area contributed by atoms with Crippen LogP contribution in [0.3, 0.4) is 0 Å². The van der Waals surface area contributed by atoms with Crippen molar-refractivity contribution in [1.82, 2.24) is 10.2 Å². The Hall–Kier alpha value is -2.37. The number of carbonyl (C=O) groups is 1. The van der Waals surface area contributed by atoms with Crippen LogP contribution in [0.15, 0.2) is 48.5 Å². The summed E-state index contributed by atoms with van der Waals surface area (Å²) in [5.41, 5.74) is 3.29. The summed E-state index contributed by atoms with van der Waals surface area (Å²) >= 11 is 0. The van der Waals surface area contributed by atoms with Crippen LogP contribution in [-0.4, -0.2) is 48.3 Å². The van der Waals surface area contributed by atoms with Crippen LogP contribution in [0.4, 0.5) is 0 Å². The van der Waals surface area contributed by atoms with Gasteiger partial charge in [0.25, 0.3) is 5.91 Å². The molecule has 0 saturated carbocycles. The molecule has 2 aromatic carbocycles. The lowest BCUT2D eigenvalue weighted by molar-refractivity contribution is 0.0842. The third-order valence-electron chi connectivity index (χ3n) is 5.06. The van der Waals surface area contributed by atoms with E-state index in [0.717, 1.165) is 38.1 Å². The molecule has 1 aliphatic heterocycles. The summed E-state index contributed by atoms with van der Waals surface area (Å²) in [6.45, 7) is 5.39. The summed E-state index contributed by atoms with van der Waals surface area (Å²) < 4.78 is 5.61. The number of β-amino-alcohol motifs (C(OH)–C–C–N with tert-alkyl or cyclic N) is 1. The van der Waals surface area contributed by atoms with Gasteiger partial charge in [-0.25, -0.2) is 0 Å². The first-order chi connectivity index (χ1) is 13.7. The Morgan fingerprint density at radius 3 is 2.68 bits per heavy atom. The van der Waals surface area contributed by atoms with Crippen molar-refractivity contribution in [3.63, 3.8) is 0 Å². The zero-order valence-electron chi connectivity index (χ0n) is 16.6. The highest BCUT2D eigenvalue weighted by Crippen LogP contribution is 2.18. The highest BCUT2D eigenvalue weighted by Gasteiger charge is 2.18. The van der Waals surface area contributed by atoms with Gasteiger partial charge in [0.2, 0.25) is 0 Å². The van der Waals surface area contributed by atoms with E-state index < -0.39 is 6.10 Å². The quantitative estimate of drug-likeness (QED) is 0.655. The van der Waals surface area contributed by atoms with Gasteiger partial charge in [-0.15, -0.1) is 0 Å². The first kappa shape index (κ1) is 20.4. The predicted molar refractivity (Wildman–Crippen MR) is 111 cm³/mol. The van der Waals surface area contributed by atoms with Crippen molar-refractivity contribution in [2.45, 2.75) is 38.8 Å². The van der Waals surface area contributed by atoms with E-state index in [2.05, 4.69) is 41.4 Å². The molecule has 1 aliphatic rings. The van der Waals surface area contributed by atoms with E-state index in [4.69, 9.17) is 4.74 Å². The number of hydrogen-bond acceptors (Lipinski definition) is 4. The molecule has 0 fully saturated rings. The van der Waals surface area contributed by atoms with E-state index >= 15 is 0 Å². The summed E-state index contributed by atoms with van der Waals surface area (Å²) in [4.78, 5) is 14.5. The first-order valence-electron chi connectivity index (χ1n) is 10.1. The molecule has 1 heterocycles. The zero-order valence-corrected chi connectivity index (χ0v) is 16.6. The normalized spacial score (nSPS) is 14.9. The van der Waals surface area contributed by atoms with E-state index in [9.17, 15) is 9.90 Å². The number of aliphatic hydroxyl groups excluding tert-OH is 1. The number of nitrogens with one attached hydrogen (secondary N) is 1. The molecule has 3 rings (SSSR count). The summed E-state index contributed by atoms with van der Waals surface area (Å²) in [6, 6.07) is 15.6. The minimum atomic E-state index is -0.592. The maximum Gasteiger partial charge on any atom is 0.251 e. The second-order valence-electron chi connectivity index (χ2n) is 7.34. The molecule has 150 valence electrons. The number of amides is 1. The van der Waals surface area contributed by atoms with E-state index in [1.807, 2.05) is 12.1 Å². The maximum absolute atomic E-state index is 12.3. The Bertz CT molecular complexity index is 761. The number of rotatable bonds is 9. The van der Waals surface area contributed by atoms with Crippen LogP contribution < -0.4 is 10.1 Å². The van der Waals surface area contributed by atoms with Crippen LogP contribution in [0.5, 0.6) is 5.75 Å². The lowest BCUT2D eigenvalue weighted by Crippen LogP contribution is -2.42. The molecule has 1 amide bonds. The Labute approximate surface area is 167 Å². The largest absolute Gasteiger partial charge is 0.494 e. The number of hydrogen-bond donors (Lipinski definition) is 2. The van der Waals surface area contributed by atoms with Crippen molar-refractivity contribution in [1.29, 1.82) is 0 Å². The minimum Gasteiger partial charge on any atom is -0.494 e. The fraction of sp³-hybridized carbons (Fsp3) is 0.435. The number of benzene rings is 2. The molecule has 5 heteroatoms. The van der Waals surface area contributed by atoms with Gasteiger partial charge in [-0.05, 0) is 48.2 Å². The highest BCUT2D eigenvalue weighted by atomic mass is 16.5.